The molecule has 0 aromatic heterocycles. The molecule has 1 aliphatic heterocycles. The van der Waals surface area contributed by atoms with E-state index < -0.39 is 0 Å². The molecule has 0 bridgehead atoms. The summed E-state index contributed by atoms with van der Waals surface area (Å²) in [7, 11) is 0. The van der Waals surface area contributed by atoms with Gasteiger partial charge in [0.2, 0.25) is 10.3 Å². The summed E-state index contributed by atoms with van der Waals surface area (Å²) in [6, 6.07) is 0.174. The highest BCUT2D eigenvalue weighted by Gasteiger charge is 2.25. The quantitative estimate of drug-likeness (QED) is 0.511. The molecule has 1 saturated heterocycles. The molecule has 62 valence electrons. The molecule has 11 heavy (non-hydrogen) atoms. The molecule has 1 atom stereocenters. The first-order valence-corrected chi connectivity index (χ1v) is 4.86. The highest BCUT2D eigenvalue weighted by Crippen LogP contribution is 2.07. The van der Waals surface area contributed by atoms with Gasteiger partial charge in [-0.3, -0.25) is 4.79 Å². The lowest BCUT2D eigenvalue weighted by Crippen LogP contribution is -2.51. The lowest BCUT2D eigenvalue weighted by molar-refractivity contribution is -0.128. The number of rotatable bonds is 2. The maximum absolute atomic E-state index is 10.4. The first-order valence-electron chi connectivity index (χ1n) is 3.22. The van der Waals surface area contributed by atoms with Gasteiger partial charge >= 0.3 is 0 Å². The molecule has 0 spiro atoms. The van der Waals surface area contributed by atoms with Crippen molar-refractivity contribution in [2.24, 2.45) is 0 Å². The van der Waals surface area contributed by atoms with E-state index in [0.717, 1.165) is 0 Å². The van der Waals surface area contributed by atoms with Crippen LogP contribution in [-0.2, 0) is 9.53 Å². The Hall–Kier alpha value is -0.290. The van der Waals surface area contributed by atoms with Gasteiger partial charge in [0.05, 0.1) is 12.5 Å². The number of thiocarbonyl (C=S) groups is 1. The second-order valence-electron chi connectivity index (χ2n) is 2.23. The average Bonchev–Trinajstić information content (AvgIpc) is 1.95. The van der Waals surface area contributed by atoms with Gasteiger partial charge in [-0.15, -0.1) is 0 Å². The number of β-lactam (4-membered cyclic amide) rings is 1. The van der Waals surface area contributed by atoms with Crippen molar-refractivity contribution < 1.29 is 9.53 Å². The summed E-state index contributed by atoms with van der Waals surface area (Å²) in [5.74, 6) is 0.0914. The number of nitrogens with one attached hydrogen (secondary N) is 1. The number of amides is 1. The van der Waals surface area contributed by atoms with E-state index in [-0.39, 0.29) is 11.9 Å². The smallest absolute Gasteiger partial charge is 0.222 e. The molecule has 1 rings (SSSR count). The molecule has 5 heteroatoms. The zero-order valence-corrected chi connectivity index (χ0v) is 7.76. The van der Waals surface area contributed by atoms with E-state index in [2.05, 4.69) is 5.32 Å². The summed E-state index contributed by atoms with van der Waals surface area (Å²) in [4.78, 5) is 10.4. The van der Waals surface area contributed by atoms with E-state index in [4.69, 9.17) is 17.0 Å². The minimum absolute atomic E-state index is 0.0914. The highest BCUT2D eigenvalue weighted by molar-refractivity contribution is 8.22. The highest BCUT2D eigenvalue weighted by atomic mass is 32.2. The van der Waals surface area contributed by atoms with Crippen LogP contribution in [0, 0.1) is 0 Å². The van der Waals surface area contributed by atoms with Crippen LogP contribution in [0.2, 0.25) is 0 Å². The Balaban J connectivity index is 2.04. The van der Waals surface area contributed by atoms with Gasteiger partial charge in [0.25, 0.3) is 0 Å². The summed E-state index contributed by atoms with van der Waals surface area (Å²) >= 11 is 6.20. The third kappa shape index (κ3) is 2.67. The van der Waals surface area contributed by atoms with Crippen LogP contribution in [0.5, 0.6) is 0 Å². The van der Waals surface area contributed by atoms with Crippen LogP contribution in [0.15, 0.2) is 0 Å². The normalized spacial score (nSPS) is 21.9. The van der Waals surface area contributed by atoms with Gasteiger partial charge in [0.1, 0.15) is 6.61 Å². The summed E-state index contributed by atoms with van der Waals surface area (Å²) in [6.45, 7) is 0.505. The maximum Gasteiger partial charge on any atom is 0.222 e. The van der Waals surface area contributed by atoms with E-state index in [1.54, 1.807) is 0 Å². The molecule has 1 fully saturated rings. The van der Waals surface area contributed by atoms with Crippen molar-refractivity contribution in [2.75, 3.05) is 12.9 Å². The molecular formula is C6H9NO2S2. The van der Waals surface area contributed by atoms with Crippen molar-refractivity contribution in [3.8, 4) is 0 Å². The molecule has 0 saturated carbocycles. The summed E-state index contributed by atoms with van der Waals surface area (Å²) in [5.41, 5.74) is 0. The predicted molar refractivity (Wildman–Crippen MR) is 48.6 cm³/mol. The minimum Gasteiger partial charge on any atom is -0.476 e. The van der Waals surface area contributed by atoms with Crippen LogP contribution < -0.4 is 5.32 Å². The molecule has 0 aromatic rings. The van der Waals surface area contributed by atoms with Gasteiger partial charge in [0.15, 0.2) is 0 Å². The summed E-state index contributed by atoms with van der Waals surface area (Å²) in [6.07, 6.45) is 2.43. The molecule has 0 aromatic carbocycles. The van der Waals surface area contributed by atoms with Gasteiger partial charge in [0, 0.05) is 0 Å². The van der Waals surface area contributed by atoms with Crippen LogP contribution in [0.4, 0.5) is 0 Å². The Morgan fingerprint density at radius 1 is 2.00 bits per heavy atom. The third-order valence-electron chi connectivity index (χ3n) is 1.37. The first kappa shape index (κ1) is 8.80. The average molecular weight is 191 g/mol. The second-order valence-corrected chi connectivity index (χ2v) is 3.64. The SMILES string of the molecule is CSC(=S)OCC1CC(=O)N1. The van der Waals surface area contributed by atoms with Gasteiger partial charge in [-0.1, -0.05) is 11.8 Å². The lowest BCUT2D eigenvalue weighted by atomic mass is 10.1. The van der Waals surface area contributed by atoms with Crippen molar-refractivity contribution in [3.05, 3.63) is 0 Å². The van der Waals surface area contributed by atoms with Gasteiger partial charge < -0.3 is 10.1 Å². The first-order chi connectivity index (χ1) is 5.22. The molecule has 3 nitrogen and oxygen atoms in total. The topological polar surface area (TPSA) is 38.3 Å². The Morgan fingerprint density at radius 3 is 3.09 bits per heavy atom. The molecule has 1 N–H and O–H groups in total. The number of carbonyl (C=O) groups excluding carboxylic acids is 1. The lowest BCUT2D eigenvalue weighted by Gasteiger charge is -2.26. The fraction of sp³-hybridized carbons (Fsp3) is 0.667. The Morgan fingerprint density at radius 2 is 2.64 bits per heavy atom. The maximum atomic E-state index is 10.4. The van der Waals surface area contributed by atoms with Gasteiger partial charge in [-0.2, -0.15) is 0 Å². The van der Waals surface area contributed by atoms with Crippen molar-refractivity contribution in [3.63, 3.8) is 0 Å². The number of ether oxygens (including phenoxy) is 1. The molecule has 1 aliphatic rings. The van der Waals surface area contributed by atoms with E-state index >= 15 is 0 Å². The molecule has 1 unspecified atom stereocenters. The standard InChI is InChI=1S/C6H9NO2S2/c1-11-6(10)9-3-4-2-5(8)7-4/h4H,2-3H2,1H3,(H,7,8). The number of carbonyl (C=O) groups is 1. The minimum atomic E-state index is 0.0914. The summed E-state index contributed by atoms with van der Waals surface area (Å²) in [5, 5.41) is 2.69. The van der Waals surface area contributed by atoms with Crippen LogP contribution in [-0.4, -0.2) is 29.2 Å². The number of hydrogen-bond donors (Lipinski definition) is 1. The number of thioether (sulfide) groups is 1. The third-order valence-corrected chi connectivity index (χ3v) is 2.43. The predicted octanol–water partition coefficient (Wildman–Crippen LogP) is 0.539. The van der Waals surface area contributed by atoms with Crippen molar-refractivity contribution in [2.45, 2.75) is 12.5 Å². The second kappa shape index (κ2) is 3.92. The van der Waals surface area contributed by atoms with Crippen molar-refractivity contribution in [1.29, 1.82) is 0 Å². The van der Waals surface area contributed by atoms with Crippen LogP contribution in [0.3, 0.4) is 0 Å². The largest absolute Gasteiger partial charge is 0.476 e. The zero-order valence-electron chi connectivity index (χ0n) is 6.12. The monoisotopic (exact) mass is 191 g/mol. The molecule has 0 radical (unpaired) electrons. The zero-order chi connectivity index (χ0) is 8.27. The Labute approximate surface area is 74.9 Å². The Kier molecular flexibility index (Phi) is 3.14. The van der Waals surface area contributed by atoms with Crippen molar-refractivity contribution in [1.82, 2.24) is 5.32 Å². The van der Waals surface area contributed by atoms with Crippen LogP contribution in [0.25, 0.3) is 0 Å². The summed E-state index contributed by atoms with van der Waals surface area (Å²) < 4.78 is 5.66. The number of hydrogen-bond acceptors (Lipinski definition) is 4. The Bertz CT molecular complexity index is 175. The molecule has 1 heterocycles. The van der Waals surface area contributed by atoms with E-state index in [9.17, 15) is 4.79 Å². The molecule has 1 amide bonds. The van der Waals surface area contributed by atoms with E-state index in [0.29, 0.717) is 17.4 Å². The van der Waals surface area contributed by atoms with Gasteiger partial charge in [-0.05, 0) is 18.5 Å². The van der Waals surface area contributed by atoms with Crippen LogP contribution >= 0.6 is 24.0 Å². The van der Waals surface area contributed by atoms with Gasteiger partial charge in [-0.25, -0.2) is 0 Å². The molecular weight excluding hydrogens is 182 g/mol. The fourth-order valence-corrected chi connectivity index (χ4v) is 1.01. The fourth-order valence-electron chi connectivity index (χ4n) is 0.758. The molecule has 0 aliphatic carbocycles. The van der Waals surface area contributed by atoms with Crippen molar-refractivity contribution >= 4 is 34.3 Å². The van der Waals surface area contributed by atoms with E-state index in [1.807, 2.05) is 6.26 Å². The van der Waals surface area contributed by atoms with Crippen LogP contribution in [0.1, 0.15) is 6.42 Å². The van der Waals surface area contributed by atoms with E-state index in [1.165, 1.54) is 11.8 Å².